The smallest absolute Gasteiger partial charge is 0.232 e. The van der Waals surface area contributed by atoms with Gasteiger partial charge in [0.1, 0.15) is 5.82 Å². The Morgan fingerprint density at radius 2 is 1.80 bits per heavy atom. The van der Waals surface area contributed by atoms with Gasteiger partial charge in [0.25, 0.3) is 0 Å². The molecule has 0 radical (unpaired) electrons. The lowest BCUT2D eigenvalue weighted by Crippen LogP contribution is -2.43. The molecule has 156 valence electrons. The van der Waals surface area contributed by atoms with Gasteiger partial charge in [-0.25, -0.2) is 4.39 Å². The Labute approximate surface area is 185 Å². The summed E-state index contributed by atoms with van der Waals surface area (Å²) in [4.78, 5) is 29.3. The molecule has 0 bridgehead atoms. The first-order chi connectivity index (χ1) is 14.2. The quantitative estimate of drug-likeness (QED) is 0.517. The van der Waals surface area contributed by atoms with Crippen molar-refractivity contribution in [1.82, 2.24) is 0 Å². The highest BCUT2D eigenvalue weighted by molar-refractivity contribution is 7.98. The number of nitrogens with zero attached hydrogens (tertiary/aromatic N) is 1. The molecule has 4 rings (SSSR count). The molecule has 0 saturated carbocycles. The van der Waals surface area contributed by atoms with Crippen LogP contribution in [0, 0.1) is 11.2 Å². The average molecular weight is 444 g/mol. The molecule has 1 unspecified atom stereocenters. The van der Waals surface area contributed by atoms with E-state index in [4.69, 9.17) is 11.6 Å². The standard InChI is InChI=1S/C24H23ClFNO2S/c1-24(2)12-20-23(21(28)13-24)17(14-4-7-16(30-3)8-5-14)11-22(29)27(20)15-6-9-19(26)18(25)10-15/h4-10,17H,11-13H2,1-3H3. The first-order valence-electron chi connectivity index (χ1n) is 9.88. The van der Waals surface area contributed by atoms with Crippen LogP contribution in [0.5, 0.6) is 0 Å². The zero-order valence-electron chi connectivity index (χ0n) is 17.2. The van der Waals surface area contributed by atoms with Crippen molar-refractivity contribution in [3.63, 3.8) is 0 Å². The van der Waals surface area contributed by atoms with Gasteiger partial charge in [0.15, 0.2) is 5.78 Å². The monoisotopic (exact) mass is 443 g/mol. The first kappa shape index (κ1) is 21.1. The van der Waals surface area contributed by atoms with Crippen molar-refractivity contribution >= 4 is 40.7 Å². The van der Waals surface area contributed by atoms with Crippen molar-refractivity contribution in [3.8, 4) is 0 Å². The molecule has 0 aromatic heterocycles. The van der Waals surface area contributed by atoms with Crippen LogP contribution >= 0.6 is 23.4 Å². The van der Waals surface area contributed by atoms with Gasteiger partial charge in [-0.1, -0.05) is 37.6 Å². The number of rotatable bonds is 3. The van der Waals surface area contributed by atoms with Crippen molar-refractivity contribution < 1.29 is 14.0 Å². The molecule has 3 nitrogen and oxygen atoms in total. The predicted molar refractivity (Wildman–Crippen MR) is 120 cm³/mol. The normalized spacial score (nSPS) is 21.1. The molecule has 6 heteroatoms. The van der Waals surface area contributed by atoms with Crippen molar-refractivity contribution in [2.75, 3.05) is 11.2 Å². The summed E-state index contributed by atoms with van der Waals surface area (Å²) in [6, 6.07) is 12.3. The second-order valence-corrected chi connectivity index (χ2v) is 9.95. The largest absolute Gasteiger partial charge is 0.294 e. The number of allylic oxidation sites excluding steroid dienone is 2. The van der Waals surface area contributed by atoms with E-state index in [9.17, 15) is 14.0 Å². The number of Topliss-reactive ketones (excluding diaryl/α,β-unsaturated/α-hetero) is 1. The zero-order valence-corrected chi connectivity index (χ0v) is 18.7. The number of benzene rings is 2. The average Bonchev–Trinajstić information content (AvgIpc) is 2.68. The second kappa shape index (κ2) is 7.86. The van der Waals surface area contributed by atoms with Crippen LogP contribution in [0.15, 0.2) is 58.6 Å². The van der Waals surface area contributed by atoms with E-state index in [-0.39, 0.29) is 34.5 Å². The van der Waals surface area contributed by atoms with E-state index >= 15 is 0 Å². The third-order valence-corrected chi connectivity index (χ3v) is 6.86. The molecule has 1 heterocycles. The molecule has 0 N–H and O–H groups in total. The topological polar surface area (TPSA) is 37.4 Å². The van der Waals surface area contributed by atoms with Crippen LogP contribution in [0.2, 0.25) is 5.02 Å². The van der Waals surface area contributed by atoms with Crippen LogP contribution < -0.4 is 4.90 Å². The summed E-state index contributed by atoms with van der Waals surface area (Å²) in [5, 5.41) is -0.0429. The minimum Gasteiger partial charge on any atom is -0.294 e. The molecule has 1 aliphatic heterocycles. The maximum absolute atomic E-state index is 13.7. The summed E-state index contributed by atoms with van der Waals surface area (Å²) in [6.45, 7) is 4.07. The summed E-state index contributed by atoms with van der Waals surface area (Å²) in [5.41, 5.74) is 2.63. The van der Waals surface area contributed by atoms with Crippen LogP contribution in [0.1, 0.15) is 44.6 Å². The third kappa shape index (κ3) is 3.81. The van der Waals surface area contributed by atoms with Crippen molar-refractivity contribution in [2.45, 2.75) is 43.9 Å². The van der Waals surface area contributed by atoms with Crippen molar-refractivity contribution in [1.29, 1.82) is 0 Å². The van der Waals surface area contributed by atoms with Crippen molar-refractivity contribution in [3.05, 3.63) is 70.1 Å². The summed E-state index contributed by atoms with van der Waals surface area (Å²) >= 11 is 7.65. The van der Waals surface area contributed by atoms with E-state index in [0.29, 0.717) is 29.8 Å². The fourth-order valence-corrected chi connectivity index (χ4v) is 5.04. The molecule has 2 aromatic carbocycles. The highest BCUT2D eigenvalue weighted by Gasteiger charge is 2.44. The van der Waals surface area contributed by atoms with Crippen molar-refractivity contribution in [2.24, 2.45) is 5.41 Å². The van der Waals surface area contributed by atoms with E-state index in [2.05, 4.69) is 0 Å². The summed E-state index contributed by atoms with van der Waals surface area (Å²) in [6.07, 6.45) is 3.24. The molecule has 1 atom stereocenters. The zero-order chi connectivity index (χ0) is 21.6. The molecule has 1 amide bonds. The number of carbonyl (C=O) groups excluding carboxylic acids is 2. The second-order valence-electron chi connectivity index (χ2n) is 8.66. The Balaban J connectivity index is 1.87. The summed E-state index contributed by atoms with van der Waals surface area (Å²) in [7, 11) is 0. The van der Waals surface area contributed by atoms with Crippen LogP contribution in [-0.4, -0.2) is 17.9 Å². The first-order valence-corrected chi connectivity index (χ1v) is 11.5. The Kier molecular flexibility index (Phi) is 5.54. The van der Waals surface area contributed by atoms with E-state index in [1.54, 1.807) is 22.7 Å². The number of halogens is 2. The Bertz CT molecular complexity index is 1060. The Morgan fingerprint density at radius 1 is 1.10 bits per heavy atom. The fraction of sp³-hybridized carbons (Fsp3) is 0.333. The number of carbonyl (C=O) groups is 2. The summed E-state index contributed by atoms with van der Waals surface area (Å²) < 4.78 is 13.7. The number of amides is 1. The Hall–Kier alpha value is -2.11. The predicted octanol–water partition coefficient (Wildman–Crippen LogP) is 6.36. The van der Waals surface area contributed by atoms with E-state index < -0.39 is 5.82 Å². The molecule has 1 aliphatic carbocycles. The Morgan fingerprint density at radius 3 is 2.43 bits per heavy atom. The molecule has 2 aromatic rings. The number of ketones is 1. The number of anilines is 1. The molecule has 0 fully saturated rings. The van der Waals surface area contributed by atoms with Crippen LogP contribution in [0.25, 0.3) is 0 Å². The number of thioether (sulfide) groups is 1. The highest BCUT2D eigenvalue weighted by atomic mass is 35.5. The third-order valence-electron chi connectivity index (χ3n) is 5.82. The van der Waals surface area contributed by atoms with E-state index in [1.807, 2.05) is 44.4 Å². The lowest BCUT2D eigenvalue weighted by molar-refractivity contribution is -0.121. The van der Waals surface area contributed by atoms with Crippen LogP contribution in [-0.2, 0) is 9.59 Å². The number of hydrogen-bond donors (Lipinski definition) is 0. The maximum Gasteiger partial charge on any atom is 0.232 e. The minimum absolute atomic E-state index is 0.0429. The van der Waals surface area contributed by atoms with Gasteiger partial charge >= 0.3 is 0 Å². The maximum atomic E-state index is 13.7. The van der Waals surface area contributed by atoms with Gasteiger partial charge in [-0.05, 0) is 54.0 Å². The molecular formula is C24H23ClFNO2S. The minimum atomic E-state index is -0.536. The SMILES string of the molecule is CSc1ccc(C2CC(=O)N(c3ccc(F)c(Cl)c3)C3=C2C(=O)CC(C)(C)C3)cc1. The lowest BCUT2D eigenvalue weighted by atomic mass is 9.69. The van der Waals surface area contributed by atoms with Crippen LogP contribution in [0.4, 0.5) is 10.1 Å². The molecule has 30 heavy (non-hydrogen) atoms. The van der Waals surface area contributed by atoms with E-state index in [1.165, 1.54) is 12.1 Å². The van der Waals surface area contributed by atoms with E-state index in [0.717, 1.165) is 10.5 Å². The van der Waals surface area contributed by atoms with Crippen LogP contribution in [0.3, 0.4) is 0 Å². The molecular weight excluding hydrogens is 421 g/mol. The number of hydrogen-bond acceptors (Lipinski definition) is 3. The lowest BCUT2D eigenvalue weighted by Gasteiger charge is -2.43. The summed E-state index contributed by atoms with van der Waals surface area (Å²) in [5.74, 6) is -0.836. The van der Waals surface area contributed by atoms with Gasteiger partial charge in [-0.15, -0.1) is 11.8 Å². The molecule has 2 aliphatic rings. The van der Waals surface area contributed by atoms with Gasteiger partial charge < -0.3 is 0 Å². The van der Waals surface area contributed by atoms with Gasteiger partial charge in [0.2, 0.25) is 5.91 Å². The molecule has 0 spiro atoms. The van der Waals surface area contributed by atoms with Gasteiger partial charge in [-0.3, -0.25) is 14.5 Å². The van der Waals surface area contributed by atoms with Gasteiger partial charge in [0, 0.05) is 34.9 Å². The highest BCUT2D eigenvalue weighted by Crippen LogP contribution is 2.48. The van der Waals surface area contributed by atoms with Gasteiger partial charge in [0.05, 0.1) is 10.7 Å². The fourth-order valence-electron chi connectivity index (χ4n) is 4.46. The molecule has 0 saturated heterocycles. The van der Waals surface area contributed by atoms with Gasteiger partial charge in [-0.2, -0.15) is 0 Å².